The van der Waals surface area contributed by atoms with Crippen molar-refractivity contribution in [2.24, 2.45) is 23.5 Å². The van der Waals surface area contributed by atoms with E-state index in [0.717, 1.165) is 94.0 Å². The first-order valence-electron chi connectivity index (χ1n) is 29.3. The molecule has 6 N–H and O–H groups in total. The number of guanidine groups is 1. The van der Waals surface area contributed by atoms with Crippen molar-refractivity contribution < 1.29 is 62.4 Å². The summed E-state index contributed by atoms with van der Waals surface area (Å²) < 4.78 is 50.0. The van der Waals surface area contributed by atoms with Gasteiger partial charge in [0.05, 0.1) is 52.2 Å². The number of alkyl halides is 2. The number of rotatable bonds is 16. The van der Waals surface area contributed by atoms with Gasteiger partial charge in [-0.25, -0.2) is 13.8 Å². The van der Waals surface area contributed by atoms with E-state index in [0.29, 0.717) is 75.2 Å². The van der Waals surface area contributed by atoms with E-state index in [1.807, 2.05) is 17.0 Å². The molecule has 0 aliphatic carbocycles. The number of nitrogens with one attached hydrogen (secondary N) is 2. The molecule has 6 aromatic rings. The Kier molecular flexibility index (Phi) is 33.1. The van der Waals surface area contributed by atoms with Crippen LogP contribution in [0.4, 0.5) is 20.5 Å². The van der Waals surface area contributed by atoms with E-state index < -0.39 is 13.3 Å². The Balaban J connectivity index is 0.000000261. The second-order valence-electron chi connectivity index (χ2n) is 21.6. The molecule has 3 fully saturated rings. The number of nitrogens with two attached hydrogens (primary N) is 2. The zero-order valence-corrected chi connectivity index (χ0v) is 57.3. The largest absolute Gasteiger partial charge is 1.00 e. The standard InChI is InChI=1S/C25H27Cl2FN4O.C15H23N3O.C14H21NO.C12H10Cl2FNO.CH3O.Na/c1-15-6-3-7-16(2)23(15)33-14-17-8-5-11-32(13-17)25-30-20(12-28)21(24(29)31-25)18-9-4-10-19(26)22(18)27;1-11-5-3-6-12(2)14(11)19-10-13-7-4-8-18(9-13)15(16)17;1-11-5-3-6-12(2)14(11)16-10-13-7-4-8-15-9-13;1-2-17-11(6-15)9(7-16)8-4-3-5-10(13)12(8)14;1-2;/h3-4,6-7,9-10,17H,5,8,11-14H2,1-2H3,(H2,29,30,31);3,5-6,13H,4,7-10H2,1-2H3,(H3,16,17);3,5-6,13,15H,4,7-10H2,1-2H3;3-5H,2,6H2,1H3;1H3;/q;;;;-1;+1/b;;;11-9+;;. The molecule has 5 aromatic carbocycles. The first-order valence-corrected chi connectivity index (χ1v) is 30.9. The number of anilines is 2. The van der Waals surface area contributed by atoms with E-state index in [1.54, 1.807) is 43.3 Å². The molecule has 3 aliphatic rings. The summed E-state index contributed by atoms with van der Waals surface area (Å²) in [5, 5.41) is 29.4. The average Bonchev–Trinajstić information content (AvgIpc) is 1.07. The second-order valence-corrected chi connectivity index (χ2v) is 23.2. The Bertz CT molecular complexity index is 3200. The average molecular weight is 1300 g/mol. The maximum absolute atomic E-state index is 14.0. The van der Waals surface area contributed by atoms with Gasteiger partial charge in [-0.2, -0.15) is 17.4 Å². The Morgan fingerprint density at radius 3 is 1.65 bits per heavy atom. The summed E-state index contributed by atoms with van der Waals surface area (Å²) in [6.45, 7) is 20.5. The van der Waals surface area contributed by atoms with Gasteiger partial charge in [-0.05, 0) is 139 Å². The third-order valence-electron chi connectivity index (χ3n) is 15.1. The Labute approximate surface area is 562 Å². The Morgan fingerprint density at radius 1 is 0.693 bits per heavy atom. The molecule has 21 heteroatoms. The molecule has 3 aliphatic heterocycles. The van der Waals surface area contributed by atoms with Crippen molar-refractivity contribution in [2.75, 3.05) is 90.1 Å². The predicted octanol–water partition coefficient (Wildman–Crippen LogP) is 11.6. The molecular weight excluding hydrogens is 1210 g/mol. The number of nitrogen functional groups attached to an aromatic ring is 1. The predicted molar refractivity (Wildman–Crippen MR) is 350 cm³/mol. The number of nitrogens with zero attached hydrogens (tertiary/aromatic N) is 5. The number of nitriles is 1. The molecule has 14 nitrogen and oxygen atoms in total. The molecular formula is C67H84Cl4F2N9NaO5. The fourth-order valence-electron chi connectivity index (χ4n) is 10.6. The number of piperidine rings is 3. The van der Waals surface area contributed by atoms with Crippen LogP contribution in [0.5, 0.6) is 17.2 Å². The molecule has 470 valence electrons. The summed E-state index contributed by atoms with van der Waals surface area (Å²) in [6, 6.07) is 30.5. The Morgan fingerprint density at radius 2 is 1.17 bits per heavy atom. The van der Waals surface area contributed by atoms with Crippen LogP contribution in [0.1, 0.15) is 90.1 Å². The molecule has 0 spiro atoms. The van der Waals surface area contributed by atoms with Crippen LogP contribution in [-0.4, -0.2) is 100 Å². The molecule has 0 radical (unpaired) electrons. The van der Waals surface area contributed by atoms with Crippen molar-refractivity contribution >= 4 is 69.7 Å². The third kappa shape index (κ3) is 21.8. The van der Waals surface area contributed by atoms with Gasteiger partial charge in [0.1, 0.15) is 53.8 Å². The molecule has 9 rings (SSSR count). The van der Waals surface area contributed by atoms with Gasteiger partial charge in [-0.3, -0.25) is 5.41 Å². The van der Waals surface area contributed by atoms with Crippen LogP contribution in [0.25, 0.3) is 16.7 Å². The minimum atomic E-state index is -0.862. The topological polar surface area (TPSA) is 204 Å². The number of allylic oxidation sites excluding steroid dienone is 2. The van der Waals surface area contributed by atoms with Crippen molar-refractivity contribution in [3.63, 3.8) is 0 Å². The van der Waals surface area contributed by atoms with Gasteiger partial charge in [0.25, 0.3) is 0 Å². The van der Waals surface area contributed by atoms with Crippen molar-refractivity contribution in [1.82, 2.24) is 20.2 Å². The van der Waals surface area contributed by atoms with Crippen LogP contribution < -0.4 is 70.6 Å². The van der Waals surface area contributed by atoms with Gasteiger partial charge in [-0.15, -0.1) is 0 Å². The van der Waals surface area contributed by atoms with Crippen LogP contribution >= 0.6 is 46.4 Å². The number of benzene rings is 5. The number of aromatic nitrogens is 2. The van der Waals surface area contributed by atoms with Crippen LogP contribution in [0.2, 0.25) is 20.1 Å². The van der Waals surface area contributed by atoms with Gasteiger partial charge < -0.3 is 50.6 Å². The van der Waals surface area contributed by atoms with Crippen LogP contribution in [0.15, 0.2) is 96.8 Å². The zero-order chi connectivity index (χ0) is 63.6. The molecule has 0 bridgehead atoms. The van der Waals surface area contributed by atoms with Crippen LogP contribution in [-0.2, 0) is 11.4 Å². The summed E-state index contributed by atoms with van der Waals surface area (Å²) in [6.07, 6.45) is 6.81. The monoisotopic (exact) mass is 1300 g/mol. The van der Waals surface area contributed by atoms with Crippen molar-refractivity contribution in [1.29, 1.82) is 10.7 Å². The van der Waals surface area contributed by atoms with Gasteiger partial charge in [0.15, 0.2) is 5.96 Å². The molecule has 4 heterocycles. The zero-order valence-electron chi connectivity index (χ0n) is 52.3. The van der Waals surface area contributed by atoms with Crippen molar-refractivity contribution in [3.8, 4) is 34.4 Å². The number of hydrogen-bond acceptors (Lipinski definition) is 12. The van der Waals surface area contributed by atoms with Gasteiger partial charge in [-0.1, -0.05) is 125 Å². The minimum absolute atomic E-state index is 0. The maximum Gasteiger partial charge on any atom is 1.00 e. The molecule has 3 atom stereocenters. The second kappa shape index (κ2) is 38.9. The van der Waals surface area contributed by atoms with E-state index in [2.05, 4.69) is 110 Å². The van der Waals surface area contributed by atoms with E-state index in [-0.39, 0.29) is 70.0 Å². The normalized spacial score (nSPS) is 16.3. The minimum Gasteiger partial charge on any atom is -0.857 e. The van der Waals surface area contributed by atoms with E-state index in [4.69, 9.17) is 92.6 Å². The fraction of sp³-hybridized carbons (Fsp3) is 0.433. The number of aryl methyl sites for hydroxylation is 6. The summed E-state index contributed by atoms with van der Waals surface area (Å²) in [5.41, 5.74) is 20.5. The summed E-state index contributed by atoms with van der Waals surface area (Å²) in [4.78, 5) is 13.0. The summed E-state index contributed by atoms with van der Waals surface area (Å²) >= 11 is 24.3. The van der Waals surface area contributed by atoms with Crippen LogP contribution in [0.3, 0.4) is 0 Å². The fourth-order valence-corrected chi connectivity index (χ4v) is 11.4. The SMILES string of the molecule is CCO/C(CF)=C(\C#N)c1cccc(Cl)c1Cl.C[O-].Cc1cccc(C)c1OCC1CCCN(C(=N)N)C1.Cc1cccc(C)c1OCC1CCCN(c2nc(N)c(-c3cccc(Cl)c3Cl)c(CF)n2)C1.Cc1cccc(C)c1OCC1CCCNC1.[Na+]. The van der Waals surface area contributed by atoms with Crippen molar-refractivity contribution in [3.05, 3.63) is 161 Å². The van der Waals surface area contributed by atoms with Crippen LogP contribution in [0, 0.1) is 76.0 Å². The van der Waals surface area contributed by atoms with Gasteiger partial charge in [0, 0.05) is 67.2 Å². The molecule has 0 amide bonds. The third-order valence-corrected chi connectivity index (χ3v) is 16.7. The maximum atomic E-state index is 14.0. The number of hydrogen-bond donors (Lipinski definition) is 4. The summed E-state index contributed by atoms with van der Waals surface area (Å²) in [5.74, 6) is 5.22. The molecule has 1 aromatic heterocycles. The first-order chi connectivity index (χ1) is 41.9. The molecule has 3 saturated heterocycles. The molecule has 88 heavy (non-hydrogen) atoms. The van der Waals surface area contributed by atoms with E-state index >= 15 is 0 Å². The number of ether oxygens (including phenoxy) is 4. The van der Waals surface area contributed by atoms with Gasteiger partial charge in [0.2, 0.25) is 5.95 Å². The van der Waals surface area contributed by atoms with Crippen molar-refractivity contribution in [2.45, 2.75) is 93.7 Å². The van der Waals surface area contributed by atoms with E-state index in [1.165, 1.54) is 41.6 Å². The summed E-state index contributed by atoms with van der Waals surface area (Å²) in [7, 11) is 0.750. The number of halogens is 6. The smallest absolute Gasteiger partial charge is 0.857 e. The number of likely N-dealkylation sites (tertiary alicyclic amines) is 1. The number of para-hydroxylation sites is 3. The van der Waals surface area contributed by atoms with Gasteiger partial charge >= 0.3 is 29.6 Å². The molecule has 3 unspecified atom stereocenters. The van der Waals surface area contributed by atoms with E-state index in [9.17, 15) is 8.78 Å². The quantitative estimate of drug-likeness (QED) is 0.0234. The Hall–Kier alpha value is -5.58. The molecule has 0 saturated carbocycles. The first kappa shape index (κ1) is 74.9.